The van der Waals surface area contributed by atoms with E-state index in [1.54, 1.807) is 19.9 Å². The third-order valence-corrected chi connectivity index (χ3v) is 4.61. The monoisotopic (exact) mass is 374 g/mol. The second-order valence-corrected chi connectivity index (χ2v) is 5.98. The van der Waals surface area contributed by atoms with Crippen LogP contribution in [0.1, 0.15) is 23.0 Å². The van der Waals surface area contributed by atoms with Crippen LogP contribution >= 0.6 is 39.1 Å². The number of ether oxygens (including phenoxy) is 1. The van der Waals surface area contributed by atoms with Gasteiger partial charge in [0.15, 0.2) is 0 Å². The van der Waals surface area contributed by atoms with E-state index in [1.165, 1.54) is 11.5 Å². The molecular formula is C13H12BrClN2O2S. The maximum absolute atomic E-state index is 11.9. The molecule has 0 spiro atoms. The van der Waals surface area contributed by atoms with Gasteiger partial charge in [-0.2, -0.15) is 4.37 Å². The van der Waals surface area contributed by atoms with E-state index in [-0.39, 0.29) is 5.97 Å². The van der Waals surface area contributed by atoms with Crippen LogP contribution in [0, 0.1) is 6.92 Å². The van der Waals surface area contributed by atoms with Crippen LogP contribution in [0.4, 0.5) is 10.7 Å². The molecule has 4 nitrogen and oxygen atoms in total. The van der Waals surface area contributed by atoms with Crippen LogP contribution in [0.25, 0.3) is 0 Å². The molecule has 0 bridgehead atoms. The van der Waals surface area contributed by atoms with Gasteiger partial charge in [0.25, 0.3) is 0 Å². The largest absolute Gasteiger partial charge is 0.462 e. The molecule has 1 heterocycles. The lowest BCUT2D eigenvalue weighted by atomic mass is 10.2. The van der Waals surface area contributed by atoms with Gasteiger partial charge >= 0.3 is 5.97 Å². The van der Waals surface area contributed by atoms with Crippen molar-refractivity contribution < 1.29 is 9.53 Å². The highest BCUT2D eigenvalue weighted by molar-refractivity contribution is 9.10. The van der Waals surface area contributed by atoms with Crippen LogP contribution in [-0.4, -0.2) is 16.9 Å². The molecule has 0 aliphatic rings. The number of aryl methyl sites for hydroxylation is 1. The molecule has 20 heavy (non-hydrogen) atoms. The van der Waals surface area contributed by atoms with Gasteiger partial charge in [-0.3, -0.25) is 0 Å². The molecule has 1 N–H and O–H groups in total. The molecule has 0 unspecified atom stereocenters. The van der Waals surface area contributed by atoms with E-state index in [9.17, 15) is 4.79 Å². The molecule has 0 radical (unpaired) electrons. The summed E-state index contributed by atoms with van der Waals surface area (Å²) in [5.74, 6) is -0.371. The number of nitrogens with one attached hydrogen (secondary N) is 1. The van der Waals surface area contributed by atoms with E-state index in [0.717, 1.165) is 10.2 Å². The average Bonchev–Trinajstić information content (AvgIpc) is 2.75. The van der Waals surface area contributed by atoms with Crippen LogP contribution in [-0.2, 0) is 4.74 Å². The lowest BCUT2D eigenvalue weighted by Gasteiger charge is -2.08. The smallest absolute Gasteiger partial charge is 0.343 e. The summed E-state index contributed by atoms with van der Waals surface area (Å²) in [6.45, 7) is 3.88. The fourth-order valence-corrected chi connectivity index (χ4v) is 2.84. The minimum Gasteiger partial charge on any atom is -0.462 e. The third kappa shape index (κ3) is 3.31. The van der Waals surface area contributed by atoms with Gasteiger partial charge in [-0.05, 0) is 59.5 Å². The molecule has 0 saturated carbocycles. The first kappa shape index (κ1) is 15.3. The van der Waals surface area contributed by atoms with Gasteiger partial charge in [0.2, 0.25) is 0 Å². The maximum atomic E-state index is 11.9. The van der Waals surface area contributed by atoms with Crippen LogP contribution in [0.3, 0.4) is 0 Å². The number of rotatable bonds is 4. The minimum absolute atomic E-state index is 0.331. The van der Waals surface area contributed by atoms with Crippen LogP contribution in [0.2, 0.25) is 5.02 Å². The fourth-order valence-electron chi connectivity index (χ4n) is 1.60. The summed E-state index contributed by atoms with van der Waals surface area (Å²) in [6, 6.07) is 5.47. The zero-order valence-corrected chi connectivity index (χ0v) is 14.0. The van der Waals surface area contributed by atoms with Crippen molar-refractivity contribution in [1.29, 1.82) is 0 Å². The van der Waals surface area contributed by atoms with Gasteiger partial charge < -0.3 is 10.1 Å². The molecule has 0 atom stereocenters. The standard InChI is InChI=1S/C13H12BrClN2O2S/c1-3-19-13(18)11-7(2)17-20-12(11)16-8-4-5-9(14)10(15)6-8/h4-6,16H,3H2,1-2H3. The van der Waals surface area contributed by atoms with Crippen molar-refractivity contribution in [3.05, 3.63) is 39.0 Å². The molecule has 106 valence electrons. The molecule has 7 heteroatoms. The number of carbonyl (C=O) groups is 1. The molecule has 1 aromatic heterocycles. The lowest BCUT2D eigenvalue weighted by molar-refractivity contribution is 0.0527. The Kier molecular flexibility index (Phi) is 5.01. The van der Waals surface area contributed by atoms with Crippen LogP contribution < -0.4 is 5.32 Å². The first-order valence-corrected chi connectivity index (χ1v) is 7.82. The SMILES string of the molecule is CCOC(=O)c1c(C)nsc1Nc1ccc(Br)c(Cl)c1. The number of nitrogens with zero attached hydrogens (tertiary/aromatic N) is 1. The summed E-state index contributed by atoms with van der Waals surface area (Å²) in [7, 11) is 0. The van der Waals surface area contributed by atoms with Crippen LogP contribution in [0.5, 0.6) is 0 Å². The van der Waals surface area contributed by atoms with E-state index in [0.29, 0.717) is 27.9 Å². The quantitative estimate of drug-likeness (QED) is 0.781. The molecule has 1 aromatic carbocycles. The first-order chi connectivity index (χ1) is 9.52. The van der Waals surface area contributed by atoms with Crippen molar-refractivity contribution in [2.75, 3.05) is 11.9 Å². The number of anilines is 2. The highest BCUT2D eigenvalue weighted by Crippen LogP contribution is 2.31. The van der Waals surface area contributed by atoms with Crippen molar-refractivity contribution in [3.63, 3.8) is 0 Å². The second kappa shape index (κ2) is 6.56. The summed E-state index contributed by atoms with van der Waals surface area (Å²) in [5.41, 5.74) is 1.91. The van der Waals surface area contributed by atoms with E-state index in [2.05, 4.69) is 25.6 Å². The number of hydrogen-bond acceptors (Lipinski definition) is 5. The van der Waals surface area contributed by atoms with Gasteiger partial charge in [0.1, 0.15) is 10.6 Å². The summed E-state index contributed by atoms with van der Waals surface area (Å²) in [6.07, 6.45) is 0. The van der Waals surface area contributed by atoms with Gasteiger partial charge in [-0.1, -0.05) is 11.6 Å². The first-order valence-electron chi connectivity index (χ1n) is 5.88. The Hall–Kier alpha value is -1.11. The van der Waals surface area contributed by atoms with Gasteiger partial charge in [0.05, 0.1) is 17.3 Å². The highest BCUT2D eigenvalue weighted by atomic mass is 79.9. The highest BCUT2D eigenvalue weighted by Gasteiger charge is 2.19. The lowest BCUT2D eigenvalue weighted by Crippen LogP contribution is -2.07. The summed E-state index contributed by atoms with van der Waals surface area (Å²) < 4.78 is 10.1. The Bertz CT molecular complexity index is 645. The van der Waals surface area contributed by atoms with Crippen molar-refractivity contribution in [2.45, 2.75) is 13.8 Å². The zero-order chi connectivity index (χ0) is 14.7. The minimum atomic E-state index is -0.371. The van der Waals surface area contributed by atoms with E-state index in [1.807, 2.05) is 12.1 Å². The summed E-state index contributed by atoms with van der Waals surface area (Å²) in [4.78, 5) is 11.9. The second-order valence-electron chi connectivity index (χ2n) is 3.95. The average molecular weight is 376 g/mol. The van der Waals surface area contributed by atoms with Crippen molar-refractivity contribution in [2.24, 2.45) is 0 Å². The predicted octanol–water partition coefficient (Wildman–Crippen LogP) is 4.79. The molecule has 2 aromatic rings. The van der Waals surface area contributed by atoms with E-state index < -0.39 is 0 Å². The molecule has 2 rings (SSSR count). The van der Waals surface area contributed by atoms with Crippen molar-refractivity contribution in [1.82, 2.24) is 4.37 Å². The third-order valence-electron chi connectivity index (χ3n) is 2.52. The van der Waals surface area contributed by atoms with Gasteiger partial charge in [-0.15, -0.1) is 0 Å². The Morgan fingerprint density at radius 2 is 2.30 bits per heavy atom. The van der Waals surface area contributed by atoms with Crippen LogP contribution in [0.15, 0.2) is 22.7 Å². The predicted molar refractivity (Wildman–Crippen MR) is 85.2 cm³/mol. The zero-order valence-electron chi connectivity index (χ0n) is 10.9. The van der Waals surface area contributed by atoms with Gasteiger partial charge in [0, 0.05) is 10.2 Å². The number of benzene rings is 1. The van der Waals surface area contributed by atoms with Crippen molar-refractivity contribution in [3.8, 4) is 0 Å². The molecule has 0 aliphatic heterocycles. The Labute approximate surface area is 134 Å². The molecule has 0 amide bonds. The Morgan fingerprint density at radius 3 is 2.95 bits per heavy atom. The summed E-state index contributed by atoms with van der Waals surface area (Å²) >= 11 is 10.6. The Morgan fingerprint density at radius 1 is 1.55 bits per heavy atom. The van der Waals surface area contributed by atoms with E-state index >= 15 is 0 Å². The van der Waals surface area contributed by atoms with Crippen molar-refractivity contribution >= 4 is 55.7 Å². The van der Waals surface area contributed by atoms with Gasteiger partial charge in [-0.25, -0.2) is 4.79 Å². The molecule has 0 fully saturated rings. The number of halogens is 2. The number of carbonyl (C=O) groups excluding carboxylic acids is 1. The fraction of sp³-hybridized carbons (Fsp3) is 0.231. The number of hydrogen-bond donors (Lipinski definition) is 1. The summed E-state index contributed by atoms with van der Waals surface area (Å²) in [5, 5.41) is 4.39. The number of esters is 1. The molecule has 0 saturated heterocycles. The molecule has 0 aliphatic carbocycles. The molecular weight excluding hydrogens is 364 g/mol. The topological polar surface area (TPSA) is 51.2 Å². The maximum Gasteiger partial charge on any atom is 0.343 e. The normalized spacial score (nSPS) is 10.4. The number of aromatic nitrogens is 1. The Balaban J connectivity index is 2.29. The van der Waals surface area contributed by atoms with E-state index in [4.69, 9.17) is 16.3 Å².